The molecule has 1 atom stereocenters. The van der Waals surface area contributed by atoms with E-state index in [9.17, 15) is 24.5 Å². The number of ketones is 1. The summed E-state index contributed by atoms with van der Waals surface area (Å²) < 4.78 is 18.9. The second-order valence-corrected chi connectivity index (χ2v) is 4.78. The summed E-state index contributed by atoms with van der Waals surface area (Å²) >= 11 is 0. The van der Waals surface area contributed by atoms with E-state index >= 15 is 0 Å². The molecule has 0 fully saturated rings. The SMILES string of the molecule is O=C1C[C@@H](c2ccc(O)c(F)c2)Oc2cc(O)cc(O)c21. The number of aromatic hydroxyl groups is 3. The summed E-state index contributed by atoms with van der Waals surface area (Å²) in [7, 11) is 0. The molecule has 0 radical (unpaired) electrons. The molecule has 6 heteroatoms. The third kappa shape index (κ3) is 2.24. The number of phenolic OH excluding ortho intramolecular Hbond substituents is 3. The third-order valence-electron chi connectivity index (χ3n) is 3.33. The number of rotatable bonds is 1. The maximum atomic E-state index is 13.4. The minimum atomic E-state index is -0.812. The highest BCUT2D eigenvalue weighted by molar-refractivity contribution is 6.02. The summed E-state index contributed by atoms with van der Waals surface area (Å²) in [6.45, 7) is 0. The van der Waals surface area contributed by atoms with Crippen molar-refractivity contribution < 1.29 is 29.2 Å². The first kappa shape index (κ1) is 13.2. The molecule has 0 aromatic heterocycles. The number of benzene rings is 2. The zero-order valence-electron chi connectivity index (χ0n) is 10.7. The molecular weight excluding hydrogens is 279 g/mol. The number of hydrogen-bond donors (Lipinski definition) is 3. The number of fused-ring (bicyclic) bond motifs is 1. The van der Waals surface area contributed by atoms with E-state index in [0.717, 1.165) is 12.1 Å². The Morgan fingerprint density at radius 3 is 2.57 bits per heavy atom. The van der Waals surface area contributed by atoms with Crippen LogP contribution in [0.2, 0.25) is 0 Å². The van der Waals surface area contributed by atoms with Crippen molar-refractivity contribution in [1.29, 1.82) is 0 Å². The second kappa shape index (κ2) is 4.66. The van der Waals surface area contributed by atoms with Gasteiger partial charge in [-0.05, 0) is 17.7 Å². The predicted octanol–water partition coefficient (Wildman–Crippen LogP) is 2.65. The molecule has 0 saturated carbocycles. The van der Waals surface area contributed by atoms with Crippen LogP contribution in [0.5, 0.6) is 23.0 Å². The fraction of sp³-hybridized carbons (Fsp3) is 0.133. The van der Waals surface area contributed by atoms with Gasteiger partial charge < -0.3 is 20.1 Å². The number of halogens is 1. The van der Waals surface area contributed by atoms with Crippen LogP contribution in [0.1, 0.15) is 28.4 Å². The highest BCUT2D eigenvalue weighted by Gasteiger charge is 2.31. The smallest absolute Gasteiger partial charge is 0.174 e. The van der Waals surface area contributed by atoms with Crippen LogP contribution in [0.15, 0.2) is 30.3 Å². The van der Waals surface area contributed by atoms with Gasteiger partial charge in [0.05, 0.1) is 6.42 Å². The van der Waals surface area contributed by atoms with E-state index in [1.165, 1.54) is 18.2 Å². The van der Waals surface area contributed by atoms with Crippen LogP contribution in [-0.4, -0.2) is 21.1 Å². The van der Waals surface area contributed by atoms with Crippen LogP contribution in [0.4, 0.5) is 4.39 Å². The average Bonchev–Trinajstić information content (AvgIpc) is 2.40. The van der Waals surface area contributed by atoms with Crippen LogP contribution in [0.25, 0.3) is 0 Å². The first-order valence-corrected chi connectivity index (χ1v) is 6.20. The van der Waals surface area contributed by atoms with Gasteiger partial charge in [-0.1, -0.05) is 6.07 Å². The first-order chi connectivity index (χ1) is 9.95. The van der Waals surface area contributed by atoms with Gasteiger partial charge in [0.25, 0.3) is 0 Å². The van der Waals surface area contributed by atoms with Crippen molar-refractivity contribution in [2.75, 3.05) is 0 Å². The number of hydrogen-bond acceptors (Lipinski definition) is 5. The molecule has 1 heterocycles. The van der Waals surface area contributed by atoms with E-state index in [4.69, 9.17) is 4.74 Å². The summed E-state index contributed by atoms with van der Waals surface area (Å²) in [5.74, 6) is -2.22. The van der Waals surface area contributed by atoms with Gasteiger partial charge in [0.15, 0.2) is 17.3 Å². The predicted molar refractivity (Wildman–Crippen MR) is 70.2 cm³/mol. The Balaban J connectivity index is 2.01. The second-order valence-electron chi connectivity index (χ2n) is 4.78. The van der Waals surface area contributed by atoms with Gasteiger partial charge in [-0.15, -0.1) is 0 Å². The molecule has 0 amide bonds. The maximum Gasteiger partial charge on any atom is 0.174 e. The quantitative estimate of drug-likeness (QED) is 0.751. The molecule has 5 nitrogen and oxygen atoms in total. The summed E-state index contributed by atoms with van der Waals surface area (Å²) in [5, 5.41) is 28.3. The standard InChI is InChI=1S/C15H11FO5/c16-9-3-7(1-2-10(9)18)13-6-12(20)15-11(19)4-8(17)5-14(15)21-13/h1-5,13,17-19H,6H2/t13-/m0/s1. The zero-order chi connectivity index (χ0) is 15.1. The number of carbonyl (C=O) groups excluding carboxylic acids is 1. The van der Waals surface area contributed by atoms with Crippen LogP contribution in [0.3, 0.4) is 0 Å². The van der Waals surface area contributed by atoms with Gasteiger partial charge in [0, 0.05) is 12.1 Å². The normalized spacial score (nSPS) is 17.2. The molecule has 21 heavy (non-hydrogen) atoms. The lowest BCUT2D eigenvalue weighted by Crippen LogP contribution is -2.20. The molecule has 2 aromatic rings. The summed E-state index contributed by atoms with van der Waals surface area (Å²) in [6.07, 6.45) is -0.823. The monoisotopic (exact) mass is 290 g/mol. The number of ether oxygens (including phenoxy) is 1. The molecule has 3 N–H and O–H groups in total. The number of Topliss-reactive ketones (excluding diaryl/α,β-unsaturated/α-hetero) is 1. The lowest BCUT2D eigenvalue weighted by atomic mass is 9.95. The van der Waals surface area contributed by atoms with Crippen molar-refractivity contribution in [3.63, 3.8) is 0 Å². The van der Waals surface area contributed by atoms with E-state index in [1.54, 1.807) is 0 Å². The molecular formula is C15H11FO5. The van der Waals surface area contributed by atoms with Crippen molar-refractivity contribution in [3.05, 3.63) is 47.3 Å². The minimum absolute atomic E-state index is 0.00306. The Hall–Kier alpha value is -2.76. The van der Waals surface area contributed by atoms with E-state index in [2.05, 4.69) is 0 Å². The van der Waals surface area contributed by atoms with E-state index in [1.807, 2.05) is 0 Å². The van der Waals surface area contributed by atoms with Crippen molar-refractivity contribution in [2.45, 2.75) is 12.5 Å². The summed E-state index contributed by atoms with van der Waals surface area (Å²) in [6, 6.07) is 5.98. The van der Waals surface area contributed by atoms with Crippen molar-refractivity contribution >= 4 is 5.78 Å². The fourth-order valence-electron chi connectivity index (χ4n) is 2.33. The molecule has 2 aromatic carbocycles. The summed E-state index contributed by atoms with van der Waals surface area (Å²) in [5.41, 5.74) is 0.385. The van der Waals surface area contributed by atoms with Crippen LogP contribution < -0.4 is 4.74 Å². The van der Waals surface area contributed by atoms with Gasteiger partial charge in [-0.25, -0.2) is 4.39 Å². The Morgan fingerprint density at radius 1 is 1.10 bits per heavy atom. The molecule has 0 saturated heterocycles. The Labute approximate surface area is 118 Å². The average molecular weight is 290 g/mol. The van der Waals surface area contributed by atoms with Crippen molar-refractivity contribution in [2.24, 2.45) is 0 Å². The van der Waals surface area contributed by atoms with Gasteiger partial charge in [0.1, 0.15) is 28.9 Å². The molecule has 0 aliphatic carbocycles. The summed E-state index contributed by atoms with van der Waals surface area (Å²) in [4.78, 5) is 12.1. The molecule has 0 spiro atoms. The van der Waals surface area contributed by atoms with Gasteiger partial charge >= 0.3 is 0 Å². The lowest BCUT2D eigenvalue weighted by molar-refractivity contribution is 0.0844. The Morgan fingerprint density at radius 2 is 1.86 bits per heavy atom. The van der Waals surface area contributed by atoms with Crippen LogP contribution >= 0.6 is 0 Å². The third-order valence-corrected chi connectivity index (χ3v) is 3.33. The van der Waals surface area contributed by atoms with E-state index in [0.29, 0.717) is 5.56 Å². The molecule has 0 unspecified atom stereocenters. The highest BCUT2D eigenvalue weighted by Crippen LogP contribution is 2.41. The van der Waals surface area contributed by atoms with Crippen molar-refractivity contribution in [3.8, 4) is 23.0 Å². The minimum Gasteiger partial charge on any atom is -0.508 e. The Kier molecular flexibility index (Phi) is 2.94. The largest absolute Gasteiger partial charge is 0.508 e. The first-order valence-electron chi connectivity index (χ1n) is 6.20. The van der Waals surface area contributed by atoms with Crippen molar-refractivity contribution in [1.82, 2.24) is 0 Å². The van der Waals surface area contributed by atoms with Gasteiger partial charge in [-0.3, -0.25) is 4.79 Å². The van der Waals surface area contributed by atoms with Crippen LogP contribution in [-0.2, 0) is 0 Å². The number of phenols is 3. The van der Waals surface area contributed by atoms with Gasteiger partial charge in [0.2, 0.25) is 0 Å². The fourth-order valence-corrected chi connectivity index (χ4v) is 2.33. The molecule has 108 valence electrons. The molecule has 3 rings (SSSR count). The Bertz CT molecular complexity index is 741. The topological polar surface area (TPSA) is 87.0 Å². The maximum absolute atomic E-state index is 13.4. The van der Waals surface area contributed by atoms with E-state index in [-0.39, 0.29) is 35.0 Å². The lowest BCUT2D eigenvalue weighted by Gasteiger charge is -2.26. The zero-order valence-corrected chi connectivity index (χ0v) is 10.7. The number of carbonyl (C=O) groups is 1. The molecule has 1 aliphatic heterocycles. The highest BCUT2D eigenvalue weighted by atomic mass is 19.1. The van der Waals surface area contributed by atoms with Gasteiger partial charge in [-0.2, -0.15) is 0 Å². The molecule has 0 bridgehead atoms. The van der Waals surface area contributed by atoms with E-state index < -0.39 is 17.7 Å². The van der Waals surface area contributed by atoms with Crippen LogP contribution in [0, 0.1) is 5.82 Å². The molecule has 1 aliphatic rings.